The maximum Gasteiger partial charge on any atom is 0.224 e. The first-order chi connectivity index (χ1) is 9.94. The number of benzene rings is 1. The van der Waals surface area contributed by atoms with Crippen molar-refractivity contribution >= 4 is 26.6 Å². The van der Waals surface area contributed by atoms with E-state index in [9.17, 15) is 13.2 Å². The summed E-state index contributed by atoms with van der Waals surface area (Å²) >= 11 is 0. The molecule has 6 heteroatoms. The molecule has 1 unspecified atom stereocenters. The van der Waals surface area contributed by atoms with Crippen LogP contribution < -0.4 is 5.32 Å². The number of hydrogen-bond acceptors (Lipinski definition) is 3. The molecule has 0 saturated carbocycles. The summed E-state index contributed by atoms with van der Waals surface area (Å²) in [6, 6.07) is 7.47. The van der Waals surface area contributed by atoms with Gasteiger partial charge in [-0.25, -0.2) is 8.42 Å². The Morgan fingerprint density at radius 1 is 1.38 bits per heavy atom. The average Bonchev–Trinajstić information content (AvgIpc) is 2.91. The maximum absolute atomic E-state index is 12.1. The minimum absolute atomic E-state index is 0.0473. The lowest BCUT2D eigenvalue weighted by Crippen LogP contribution is -2.36. The second kappa shape index (κ2) is 5.04. The molecule has 2 heterocycles. The predicted molar refractivity (Wildman–Crippen MR) is 81.5 cm³/mol. The second-order valence-corrected chi connectivity index (χ2v) is 7.22. The van der Waals surface area contributed by atoms with Crippen LogP contribution in [-0.2, 0) is 28.1 Å². The van der Waals surface area contributed by atoms with E-state index in [2.05, 4.69) is 5.32 Å². The minimum Gasteiger partial charge on any atom is -0.350 e. The summed E-state index contributed by atoms with van der Waals surface area (Å²) in [5, 5.41) is 4.95. The first-order valence-electron chi connectivity index (χ1n) is 6.68. The largest absolute Gasteiger partial charge is 0.350 e. The number of nitrogens with one attached hydrogen (secondary N) is 1. The molecule has 1 aromatic carbocycles. The van der Waals surface area contributed by atoms with Crippen LogP contribution in [0.25, 0.3) is 10.9 Å². The van der Waals surface area contributed by atoms with E-state index in [0.29, 0.717) is 0 Å². The summed E-state index contributed by atoms with van der Waals surface area (Å²) in [4.78, 5) is 12.1. The highest BCUT2D eigenvalue weighted by molar-refractivity contribution is 7.94. The molecular weight excluding hydrogens is 288 g/mol. The summed E-state index contributed by atoms with van der Waals surface area (Å²) in [7, 11) is -1.20. The third-order valence-corrected chi connectivity index (χ3v) is 5.00. The monoisotopic (exact) mass is 304 g/mol. The van der Waals surface area contributed by atoms with Crippen LogP contribution in [0.5, 0.6) is 0 Å². The van der Waals surface area contributed by atoms with Crippen LogP contribution in [0.3, 0.4) is 0 Å². The van der Waals surface area contributed by atoms with Crippen LogP contribution in [0.2, 0.25) is 0 Å². The molecule has 5 nitrogen and oxygen atoms in total. The van der Waals surface area contributed by atoms with Crippen LogP contribution in [0.15, 0.2) is 41.9 Å². The van der Waals surface area contributed by atoms with Crippen molar-refractivity contribution in [2.24, 2.45) is 7.05 Å². The van der Waals surface area contributed by atoms with Gasteiger partial charge in [0, 0.05) is 29.6 Å². The van der Waals surface area contributed by atoms with E-state index in [4.69, 9.17) is 0 Å². The number of nitrogens with zero attached hydrogens (tertiary/aromatic N) is 1. The highest BCUT2D eigenvalue weighted by Gasteiger charge is 2.23. The zero-order valence-electron chi connectivity index (χ0n) is 11.6. The molecule has 0 saturated heterocycles. The average molecular weight is 304 g/mol. The van der Waals surface area contributed by atoms with Crippen molar-refractivity contribution in [1.82, 2.24) is 9.88 Å². The normalized spacial score (nSPS) is 20.0. The van der Waals surface area contributed by atoms with Crippen molar-refractivity contribution in [1.29, 1.82) is 0 Å². The number of amides is 1. The number of hydrogen-bond donors (Lipinski definition) is 1. The summed E-state index contributed by atoms with van der Waals surface area (Å²) in [6.07, 6.45) is 3.70. The SMILES string of the molecule is Cn1cc(CC(=O)NC2C=CS(=O)(=O)C2)c2ccccc21. The van der Waals surface area contributed by atoms with Crippen molar-refractivity contribution in [3.8, 4) is 0 Å². The van der Waals surface area contributed by atoms with Gasteiger partial charge in [0.25, 0.3) is 0 Å². The summed E-state index contributed by atoms with van der Waals surface area (Å²) in [5.74, 6) is -0.216. The first kappa shape index (κ1) is 13.9. The summed E-state index contributed by atoms with van der Waals surface area (Å²) < 4.78 is 24.6. The standard InChI is InChI=1S/C15H16N2O3S/c1-17-9-11(13-4-2-3-5-14(13)17)8-15(18)16-12-6-7-21(19,20)10-12/h2-7,9,12H,8,10H2,1H3,(H,16,18). The molecule has 1 N–H and O–H groups in total. The highest BCUT2D eigenvalue weighted by atomic mass is 32.2. The lowest BCUT2D eigenvalue weighted by Gasteiger charge is -2.09. The van der Waals surface area contributed by atoms with Crippen molar-refractivity contribution in [2.75, 3.05) is 5.75 Å². The molecule has 0 bridgehead atoms. The molecule has 0 aliphatic carbocycles. The Morgan fingerprint density at radius 2 is 2.14 bits per heavy atom. The Balaban J connectivity index is 1.74. The molecule has 2 aromatic rings. The first-order valence-corrected chi connectivity index (χ1v) is 8.39. The van der Waals surface area contributed by atoms with Gasteiger partial charge >= 0.3 is 0 Å². The zero-order valence-corrected chi connectivity index (χ0v) is 12.4. The fourth-order valence-electron chi connectivity index (χ4n) is 2.66. The number of para-hydroxylation sites is 1. The highest BCUT2D eigenvalue weighted by Crippen LogP contribution is 2.20. The van der Waals surface area contributed by atoms with Crippen LogP contribution in [0.1, 0.15) is 5.56 Å². The molecule has 0 spiro atoms. The van der Waals surface area contributed by atoms with Gasteiger partial charge in [-0.1, -0.05) is 18.2 Å². The van der Waals surface area contributed by atoms with E-state index in [0.717, 1.165) is 21.9 Å². The van der Waals surface area contributed by atoms with Gasteiger partial charge in [-0.15, -0.1) is 0 Å². The van der Waals surface area contributed by atoms with E-state index in [1.165, 1.54) is 6.08 Å². The number of fused-ring (bicyclic) bond motifs is 1. The van der Waals surface area contributed by atoms with Gasteiger partial charge in [0.05, 0.1) is 18.2 Å². The van der Waals surface area contributed by atoms with E-state index < -0.39 is 15.9 Å². The molecule has 1 aliphatic heterocycles. The van der Waals surface area contributed by atoms with Crippen LogP contribution in [-0.4, -0.2) is 30.7 Å². The Labute approximate surface area is 123 Å². The van der Waals surface area contributed by atoms with Crippen LogP contribution in [0, 0.1) is 0 Å². The van der Waals surface area contributed by atoms with Crippen LogP contribution in [0.4, 0.5) is 0 Å². The number of aromatic nitrogens is 1. The molecule has 110 valence electrons. The molecule has 0 fully saturated rings. The predicted octanol–water partition coefficient (Wildman–Crippen LogP) is 1.15. The van der Waals surface area contributed by atoms with Gasteiger partial charge < -0.3 is 9.88 Å². The van der Waals surface area contributed by atoms with Crippen molar-refractivity contribution in [3.63, 3.8) is 0 Å². The van der Waals surface area contributed by atoms with Gasteiger partial charge in [-0.05, 0) is 17.7 Å². The summed E-state index contributed by atoms with van der Waals surface area (Å²) in [5.41, 5.74) is 2.01. The number of carbonyl (C=O) groups excluding carboxylic acids is 1. The Hall–Kier alpha value is -2.08. The smallest absolute Gasteiger partial charge is 0.224 e. The topological polar surface area (TPSA) is 68.2 Å². The lowest BCUT2D eigenvalue weighted by atomic mass is 10.1. The molecule has 1 aliphatic rings. The van der Waals surface area contributed by atoms with Crippen molar-refractivity contribution < 1.29 is 13.2 Å². The van der Waals surface area contributed by atoms with Gasteiger partial charge in [0.15, 0.2) is 9.84 Å². The molecular formula is C15H16N2O3S. The number of rotatable bonds is 3. The fourth-order valence-corrected chi connectivity index (χ4v) is 3.90. The minimum atomic E-state index is -3.14. The summed E-state index contributed by atoms with van der Waals surface area (Å²) in [6.45, 7) is 0. The van der Waals surface area contributed by atoms with E-state index in [1.54, 1.807) is 0 Å². The Bertz CT molecular complexity index is 834. The molecule has 3 rings (SSSR count). The zero-order chi connectivity index (χ0) is 15.0. The maximum atomic E-state index is 12.1. The Morgan fingerprint density at radius 3 is 2.86 bits per heavy atom. The van der Waals surface area contributed by atoms with Crippen molar-refractivity contribution in [2.45, 2.75) is 12.5 Å². The molecule has 1 aromatic heterocycles. The van der Waals surface area contributed by atoms with Crippen LogP contribution >= 0.6 is 0 Å². The number of carbonyl (C=O) groups is 1. The fraction of sp³-hybridized carbons (Fsp3) is 0.267. The van der Waals surface area contributed by atoms with Gasteiger partial charge in [0.1, 0.15) is 0 Å². The van der Waals surface area contributed by atoms with Crippen molar-refractivity contribution in [3.05, 3.63) is 47.5 Å². The molecule has 1 atom stereocenters. The number of aryl methyl sites for hydroxylation is 1. The second-order valence-electron chi connectivity index (χ2n) is 5.29. The third-order valence-electron chi connectivity index (χ3n) is 3.61. The third kappa shape index (κ3) is 2.85. The van der Waals surface area contributed by atoms with E-state index in [1.807, 2.05) is 42.1 Å². The van der Waals surface area contributed by atoms with E-state index in [-0.39, 0.29) is 18.1 Å². The number of sulfone groups is 1. The van der Waals surface area contributed by atoms with Gasteiger partial charge in [0.2, 0.25) is 5.91 Å². The molecule has 1 amide bonds. The van der Waals surface area contributed by atoms with Gasteiger partial charge in [-0.2, -0.15) is 0 Å². The molecule has 21 heavy (non-hydrogen) atoms. The lowest BCUT2D eigenvalue weighted by molar-refractivity contribution is -0.120. The van der Waals surface area contributed by atoms with E-state index >= 15 is 0 Å². The van der Waals surface area contributed by atoms with Gasteiger partial charge in [-0.3, -0.25) is 4.79 Å². The Kier molecular flexibility index (Phi) is 3.33. The molecule has 0 radical (unpaired) electrons. The quantitative estimate of drug-likeness (QED) is 0.925.